The van der Waals surface area contributed by atoms with Crippen molar-refractivity contribution >= 4 is 11.3 Å². The molecule has 22 heavy (non-hydrogen) atoms. The molecule has 0 aromatic carbocycles. The molecule has 2 heteroatoms. The summed E-state index contributed by atoms with van der Waals surface area (Å²) in [5.41, 5.74) is 3.58. The minimum atomic E-state index is 0.812. The van der Waals surface area contributed by atoms with Crippen LogP contribution in [-0.4, -0.2) is 10.7 Å². The van der Waals surface area contributed by atoms with Crippen LogP contribution >= 0.6 is 0 Å². The molecule has 0 aliphatic rings. The van der Waals surface area contributed by atoms with E-state index in [0.29, 0.717) is 0 Å². The van der Waals surface area contributed by atoms with Crippen LogP contribution in [0.25, 0.3) is 5.57 Å². The fourth-order valence-electron chi connectivity index (χ4n) is 1.82. The van der Waals surface area contributed by atoms with Crippen molar-refractivity contribution in [2.45, 2.75) is 13.8 Å². The summed E-state index contributed by atoms with van der Waals surface area (Å²) in [6.07, 6.45) is 17.0. The second-order valence-corrected chi connectivity index (χ2v) is 4.36. The van der Waals surface area contributed by atoms with Crippen molar-refractivity contribution in [1.29, 1.82) is 0 Å². The SMILES string of the molecule is C=CN=C(/C=C(\C=C)c1ccccn1)C(/C=C\C)=C/C=C\C. The van der Waals surface area contributed by atoms with E-state index in [-0.39, 0.29) is 0 Å². The average molecular weight is 290 g/mol. The lowest BCUT2D eigenvalue weighted by Gasteiger charge is -2.05. The van der Waals surface area contributed by atoms with E-state index in [0.717, 1.165) is 22.6 Å². The minimum absolute atomic E-state index is 0.812. The van der Waals surface area contributed by atoms with E-state index in [1.165, 1.54) is 6.20 Å². The van der Waals surface area contributed by atoms with E-state index in [9.17, 15) is 0 Å². The predicted octanol–water partition coefficient (Wildman–Crippen LogP) is 5.31. The topological polar surface area (TPSA) is 25.2 Å². The summed E-state index contributed by atoms with van der Waals surface area (Å²) in [6, 6.07) is 5.79. The lowest BCUT2D eigenvalue weighted by molar-refractivity contribution is 1.28. The van der Waals surface area contributed by atoms with Crippen LogP contribution in [0.5, 0.6) is 0 Å². The molecule has 1 rings (SSSR count). The van der Waals surface area contributed by atoms with Crippen LogP contribution in [0.15, 0.2) is 96.9 Å². The van der Waals surface area contributed by atoms with Gasteiger partial charge in [-0.25, -0.2) is 0 Å². The molecule has 0 N–H and O–H groups in total. The summed E-state index contributed by atoms with van der Waals surface area (Å²) in [6.45, 7) is 11.5. The smallest absolute Gasteiger partial charge is 0.0708 e. The molecular weight excluding hydrogens is 268 g/mol. The molecule has 1 aromatic rings. The Balaban J connectivity index is 3.35. The number of allylic oxidation sites excluding steroid dienone is 9. The Labute approximate surface area is 133 Å². The summed E-state index contributed by atoms with van der Waals surface area (Å²) in [7, 11) is 0. The monoisotopic (exact) mass is 290 g/mol. The fourth-order valence-corrected chi connectivity index (χ4v) is 1.82. The second-order valence-electron chi connectivity index (χ2n) is 4.36. The summed E-state index contributed by atoms with van der Waals surface area (Å²) >= 11 is 0. The maximum absolute atomic E-state index is 4.38. The van der Waals surface area contributed by atoms with Gasteiger partial charge in [0.25, 0.3) is 0 Å². The Hall–Kier alpha value is -2.74. The van der Waals surface area contributed by atoms with Gasteiger partial charge >= 0.3 is 0 Å². The van der Waals surface area contributed by atoms with Gasteiger partial charge in [0.2, 0.25) is 0 Å². The van der Waals surface area contributed by atoms with E-state index in [1.807, 2.05) is 68.5 Å². The summed E-state index contributed by atoms with van der Waals surface area (Å²) in [4.78, 5) is 8.74. The zero-order valence-corrected chi connectivity index (χ0v) is 13.2. The van der Waals surface area contributed by atoms with Gasteiger partial charge in [0.05, 0.1) is 11.4 Å². The molecule has 0 saturated heterocycles. The first-order chi connectivity index (χ1) is 10.8. The molecule has 0 atom stereocenters. The van der Waals surface area contributed by atoms with Crippen LogP contribution in [0.3, 0.4) is 0 Å². The quantitative estimate of drug-likeness (QED) is 0.493. The normalized spacial score (nSPS) is 13.8. The Bertz CT molecular complexity index is 642. The molecule has 0 unspecified atom stereocenters. The fraction of sp³-hybridized carbons (Fsp3) is 0.100. The van der Waals surface area contributed by atoms with Gasteiger partial charge < -0.3 is 0 Å². The van der Waals surface area contributed by atoms with Crippen molar-refractivity contribution in [3.05, 3.63) is 97.6 Å². The number of aromatic nitrogens is 1. The van der Waals surface area contributed by atoms with Gasteiger partial charge in [-0.05, 0) is 37.6 Å². The molecule has 0 amide bonds. The summed E-state index contributed by atoms with van der Waals surface area (Å²) < 4.78 is 0. The minimum Gasteiger partial charge on any atom is -0.257 e. The molecule has 0 fully saturated rings. The van der Waals surface area contributed by atoms with Gasteiger partial charge in [-0.1, -0.05) is 55.7 Å². The molecule has 2 nitrogen and oxygen atoms in total. The highest BCUT2D eigenvalue weighted by Gasteiger charge is 2.04. The molecule has 0 aliphatic carbocycles. The van der Waals surface area contributed by atoms with E-state index in [1.54, 1.807) is 12.3 Å². The van der Waals surface area contributed by atoms with E-state index < -0.39 is 0 Å². The molecule has 1 aromatic heterocycles. The van der Waals surface area contributed by atoms with Crippen LogP contribution in [0, 0.1) is 0 Å². The van der Waals surface area contributed by atoms with E-state index in [2.05, 4.69) is 23.1 Å². The van der Waals surface area contributed by atoms with Crippen LogP contribution in [-0.2, 0) is 0 Å². The van der Waals surface area contributed by atoms with Crippen molar-refractivity contribution in [3.8, 4) is 0 Å². The van der Waals surface area contributed by atoms with Crippen LogP contribution in [0.2, 0.25) is 0 Å². The highest BCUT2D eigenvalue weighted by Crippen LogP contribution is 2.15. The van der Waals surface area contributed by atoms with Gasteiger partial charge in [-0.15, -0.1) is 0 Å². The van der Waals surface area contributed by atoms with Crippen molar-refractivity contribution in [3.63, 3.8) is 0 Å². The van der Waals surface area contributed by atoms with Gasteiger partial charge in [-0.2, -0.15) is 0 Å². The van der Waals surface area contributed by atoms with E-state index in [4.69, 9.17) is 0 Å². The molecular formula is C20H22N2. The second kappa shape index (κ2) is 10.1. The molecule has 0 aliphatic heterocycles. The Morgan fingerprint density at radius 3 is 2.55 bits per heavy atom. The number of rotatable bonds is 7. The summed E-state index contributed by atoms with van der Waals surface area (Å²) in [5.74, 6) is 0. The van der Waals surface area contributed by atoms with Gasteiger partial charge in [-0.3, -0.25) is 9.98 Å². The molecule has 1 heterocycles. The van der Waals surface area contributed by atoms with E-state index >= 15 is 0 Å². The molecule has 0 radical (unpaired) electrons. The van der Waals surface area contributed by atoms with Gasteiger partial charge in [0.1, 0.15) is 0 Å². The standard InChI is InChI=1S/C20H22N2/c1-5-9-13-18(12-6-2)20(21-8-4)16-17(7-3)19-14-10-11-15-22-19/h5-16H,3-4H2,1-2H3/b9-5-,12-6-,17-16+,18-13+,21-20?. The maximum atomic E-state index is 4.38. The van der Waals surface area contributed by atoms with Crippen LogP contribution in [0.1, 0.15) is 19.5 Å². The number of hydrogen-bond acceptors (Lipinski definition) is 2. The van der Waals surface area contributed by atoms with Crippen molar-refractivity contribution in [2.24, 2.45) is 4.99 Å². The van der Waals surface area contributed by atoms with Crippen molar-refractivity contribution < 1.29 is 0 Å². The number of nitrogens with zero attached hydrogens (tertiary/aromatic N) is 2. The lowest BCUT2D eigenvalue weighted by atomic mass is 10.0. The van der Waals surface area contributed by atoms with Gasteiger partial charge in [0, 0.05) is 18.0 Å². The Morgan fingerprint density at radius 1 is 1.18 bits per heavy atom. The third-order valence-electron chi connectivity index (χ3n) is 2.81. The number of pyridine rings is 1. The summed E-state index contributed by atoms with van der Waals surface area (Å²) in [5, 5.41) is 0. The molecule has 112 valence electrons. The highest BCUT2D eigenvalue weighted by molar-refractivity contribution is 6.14. The van der Waals surface area contributed by atoms with Gasteiger partial charge in [0.15, 0.2) is 0 Å². The molecule has 0 saturated carbocycles. The number of aliphatic imine (C=N–C) groups is 1. The first kappa shape index (κ1) is 17.3. The maximum Gasteiger partial charge on any atom is 0.0708 e. The third-order valence-corrected chi connectivity index (χ3v) is 2.81. The lowest BCUT2D eigenvalue weighted by Crippen LogP contribution is -1.99. The first-order valence-corrected chi connectivity index (χ1v) is 7.17. The molecule has 0 spiro atoms. The van der Waals surface area contributed by atoms with Crippen LogP contribution < -0.4 is 0 Å². The zero-order valence-electron chi connectivity index (χ0n) is 13.2. The average Bonchev–Trinajstić information content (AvgIpc) is 2.56. The van der Waals surface area contributed by atoms with Crippen molar-refractivity contribution in [1.82, 2.24) is 4.98 Å². The first-order valence-electron chi connectivity index (χ1n) is 7.17. The van der Waals surface area contributed by atoms with Crippen molar-refractivity contribution in [2.75, 3.05) is 0 Å². The predicted molar refractivity (Wildman–Crippen MR) is 97.8 cm³/mol. The molecule has 0 bridgehead atoms. The Kier molecular flexibility index (Phi) is 7.91. The highest BCUT2D eigenvalue weighted by atomic mass is 14.7. The number of hydrogen-bond donors (Lipinski definition) is 0. The largest absolute Gasteiger partial charge is 0.257 e. The third kappa shape index (κ3) is 5.33. The zero-order chi connectivity index (χ0) is 16.2. The van der Waals surface area contributed by atoms with Crippen LogP contribution in [0.4, 0.5) is 0 Å². The Morgan fingerprint density at radius 2 is 2.00 bits per heavy atom.